The second kappa shape index (κ2) is 7.86. The van der Waals surface area contributed by atoms with Crippen LogP contribution in [-0.4, -0.2) is 33.4 Å². The van der Waals surface area contributed by atoms with Crippen molar-refractivity contribution in [2.24, 2.45) is 5.92 Å². The maximum absolute atomic E-state index is 10.6. The van der Waals surface area contributed by atoms with Crippen LogP contribution in [0.2, 0.25) is 16.6 Å². The van der Waals surface area contributed by atoms with E-state index in [-0.39, 0.29) is 12.0 Å². The molecule has 2 aliphatic heterocycles. The highest BCUT2D eigenvalue weighted by molar-refractivity contribution is 6.78. The Morgan fingerprint density at radius 1 is 1.03 bits per heavy atom. The van der Waals surface area contributed by atoms with E-state index in [9.17, 15) is 5.26 Å². The largest absolute Gasteiger partial charge is 0.543 e. The molecule has 0 N–H and O–H groups in total. The summed E-state index contributed by atoms with van der Waals surface area (Å²) in [4.78, 5) is 0. The van der Waals surface area contributed by atoms with Gasteiger partial charge in [0.2, 0.25) is 0 Å². The Morgan fingerprint density at radius 2 is 1.70 bits per heavy atom. The second-order valence-corrected chi connectivity index (χ2v) is 16.6. The molecule has 178 valence electrons. The minimum Gasteiger partial charge on any atom is -0.543 e. The van der Waals surface area contributed by atoms with E-state index in [2.05, 4.69) is 65.8 Å². The van der Waals surface area contributed by atoms with Crippen LogP contribution in [0.3, 0.4) is 0 Å². The predicted molar refractivity (Wildman–Crippen MR) is 129 cm³/mol. The molecule has 2 aliphatic carbocycles. The van der Waals surface area contributed by atoms with Crippen LogP contribution in [0, 0.1) is 17.2 Å². The van der Waals surface area contributed by atoms with E-state index in [0.29, 0.717) is 42.7 Å². The molecule has 6 heteroatoms. The molecule has 4 aliphatic rings. The van der Waals surface area contributed by atoms with E-state index in [4.69, 9.17) is 18.6 Å². The zero-order valence-electron chi connectivity index (χ0n) is 20.8. The highest BCUT2D eigenvalue weighted by Gasteiger charge is 2.63. The quantitative estimate of drug-likeness (QED) is 0.498. The first-order valence-corrected chi connectivity index (χ1v) is 14.7. The Bertz CT molecular complexity index is 982. The molecule has 1 aromatic carbocycles. The first-order valence-electron chi connectivity index (χ1n) is 12.6. The minimum absolute atomic E-state index is 0.0240. The molecule has 1 spiro atoms. The fourth-order valence-corrected chi connectivity index (χ4v) is 12.8. The lowest BCUT2D eigenvalue weighted by atomic mass is 9.55. The zero-order chi connectivity index (χ0) is 23.6. The van der Waals surface area contributed by atoms with Crippen molar-refractivity contribution in [1.82, 2.24) is 0 Å². The summed E-state index contributed by atoms with van der Waals surface area (Å²) in [5.74, 6) is 0.227. The molecule has 0 amide bonds. The Labute approximate surface area is 199 Å². The van der Waals surface area contributed by atoms with Gasteiger partial charge in [-0.25, -0.2) is 0 Å². The summed E-state index contributed by atoms with van der Waals surface area (Å²) in [6.07, 6.45) is 3.94. The molecule has 2 heterocycles. The lowest BCUT2D eigenvalue weighted by Crippen LogP contribution is -2.54. The molecular formula is C27H37NO4Si. The van der Waals surface area contributed by atoms with Gasteiger partial charge in [0.15, 0.2) is 5.79 Å². The van der Waals surface area contributed by atoms with Crippen LogP contribution in [-0.2, 0) is 26.0 Å². The van der Waals surface area contributed by atoms with Gasteiger partial charge in [0, 0.05) is 24.3 Å². The van der Waals surface area contributed by atoms with Gasteiger partial charge in [-0.05, 0) is 46.3 Å². The van der Waals surface area contributed by atoms with Crippen molar-refractivity contribution in [3.05, 3.63) is 41.2 Å². The van der Waals surface area contributed by atoms with Crippen LogP contribution >= 0.6 is 0 Å². The third-order valence-corrected chi connectivity index (χ3v) is 14.8. The average molecular weight is 468 g/mol. The Balaban J connectivity index is 1.53. The number of nitriles is 1. The fourth-order valence-electron chi connectivity index (χ4n) is 7.52. The van der Waals surface area contributed by atoms with E-state index < -0.39 is 19.5 Å². The zero-order valence-corrected chi connectivity index (χ0v) is 21.8. The van der Waals surface area contributed by atoms with E-state index in [1.807, 2.05) is 6.26 Å². The number of benzene rings is 1. The van der Waals surface area contributed by atoms with Gasteiger partial charge in [-0.3, -0.25) is 0 Å². The molecule has 5 nitrogen and oxygen atoms in total. The Morgan fingerprint density at radius 3 is 2.30 bits per heavy atom. The molecule has 1 saturated heterocycles. The normalized spacial score (nSPS) is 29.6. The van der Waals surface area contributed by atoms with Crippen molar-refractivity contribution in [3.8, 4) is 11.8 Å². The van der Waals surface area contributed by atoms with Crippen LogP contribution in [0.4, 0.5) is 0 Å². The standard InChI is InChI=1S/C27H37NO4Si/c1-17(2)33(18(3)4,19(5)6)32-21-7-8-22-20(13-21)14-24-25-23(15-29-24)27(30-11-12-31-27)10-9-26(22,25)16-28/h7-8,13,15,17-19,24-25H,9-12,14H2,1-6H3. The van der Waals surface area contributed by atoms with Crippen molar-refractivity contribution < 1.29 is 18.6 Å². The summed E-state index contributed by atoms with van der Waals surface area (Å²) >= 11 is 0. The van der Waals surface area contributed by atoms with Crippen molar-refractivity contribution in [2.75, 3.05) is 13.2 Å². The van der Waals surface area contributed by atoms with Gasteiger partial charge in [0.1, 0.15) is 11.9 Å². The van der Waals surface area contributed by atoms with Gasteiger partial charge in [-0.15, -0.1) is 0 Å². The van der Waals surface area contributed by atoms with E-state index in [0.717, 1.165) is 23.3 Å². The Kier molecular flexibility index (Phi) is 5.47. The van der Waals surface area contributed by atoms with Crippen molar-refractivity contribution >= 4 is 8.32 Å². The van der Waals surface area contributed by atoms with E-state index in [1.165, 1.54) is 5.56 Å². The second-order valence-electron chi connectivity index (χ2n) is 11.2. The molecule has 3 unspecified atom stereocenters. The average Bonchev–Trinajstić information content (AvgIpc) is 3.42. The van der Waals surface area contributed by atoms with Crippen LogP contribution in [0.5, 0.6) is 5.75 Å². The first kappa shape index (κ1) is 23.0. The van der Waals surface area contributed by atoms with Crippen molar-refractivity contribution in [2.45, 2.75) is 94.7 Å². The molecule has 0 aromatic heterocycles. The number of fused-ring (bicyclic) bond motifs is 3. The van der Waals surface area contributed by atoms with Gasteiger partial charge in [-0.2, -0.15) is 5.26 Å². The summed E-state index contributed by atoms with van der Waals surface area (Å²) in [7, 11) is -2.05. The van der Waals surface area contributed by atoms with Crippen LogP contribution < -0.4 is 4.43 Å². The molecule has 33 heavy (non-hydrogen) atoms. The number of hydrogen-bond donors (Lipinski definition) is 0. The number of nitrogens with zero attached hydrogens (tertiary/aromatic N) is 1. The summed E-state index contributed by atoms with van der Waals surface area (Å²) in [5, 5.41) is 10.6. The molecule has 0 radical (unpaired) electrons. The first-order chi connectivity index (χ1) is 15.7. The molecule has 3 atom stereocenters. The molecule has 0 bridgehead atoms. The third kappa shape index (κ3) is 3.08. The monoisotopic (exact) mass is 467 g/mol. The maximum Gasteiger partial charge on any atom is 0.258 e. The van der Waals surface area contributed by atoms with Crippen LogP contribution in [0.25, 0.3) is 0 Å². The molecule has 1 saturated carbocycles. The Hall–Kier alpha value is -1.81. The summed E-state index contributed by atoms with van der Waals surface area (Å²) in [6.45, 7) is 15.1. The topological polar surface area (TPSA) is 60.7 Å². The van der Waals surface area contributed by atoms with Gasteiger partial charge in [0.25, 0.3) is 8.32 Å². The number of ether oxygens (including phenoxy) is 3. The minimum atomic E-state index is -2.05. The van der Waals surface area contributed by atoms with Crippen LogP contribution in [0.1, 0.15) is 65.5 Å². The van der Waals surface area contributed by atoms with Crippen molar-refractivity contribution in [3.63, 3.8) is 0 Å². The molecule has 5 rings (SSSR count). The van der Waals surface area contributed by atoms with Gasteiger partial charge < -0.3 is 18.6 Å². The third-order valence-electron chi connectivity index (χ3n) is 8.83. The highest BCUT2D eigenvalue weighted by Crippen LogP contribution is 2.60. The smallest absolute Gasteiger partial charge is 0.258 e. The lowest BCUT2D eigenvalue weighted by molar-refractivity contribution is -0.154. The predicted octanol–water partition coefficient (Wildman–Crippen LogP) is 5.99. The van der Waals surface area contributed by atoms with E-state index in [1.54, 1.807) is 0 Å². The summed E-state index contributed by atoms with van der Waals surface area (Å²) in [5.41, 5.74) is 4.26. The van der Waals surface area contributed by atoms with Crippen LogP contribution in [0.15, 0.2) is 30.0 Å². The molecular weight excluding hydrogens is 430 g/mol. The van der Waals surface area contributed by atoms with Gasteiger partial charge in [0.05, 0.1) is 31.0 Å². The van der Waals surface area contributed by atoms with E-state index >= 15 is 0 Å². The molecule has 2 fully saturated rings. The molecule has 1 aromatic rings. The van der Waals surface area contributed by atoms with Gasteiger partial charge in [-0.1, -0.05) is 47.6 Å². The summed E-state index contributed by atoms with van der Waals surface area (Å²) in [6, 6.07) is 9.21. The fraction of sp³-hybridized carbons (Fsp3) is 0.667. The number of hydrogen-bond acceptors (Lipinski definition) is 5. The lowest BCUT2D eigenvalue weighted by Gasteiger charge is -2.49. The van der Waals surface area contributed by atoms with Gasteiger partial charge >= 0.3 is 0 Å². The highest BCUT2D eigenvalue weighted by atomic mass is 28.4. The SMILES string of the molecule is CC(C)[Si](Oc1ccc2c(c1)CC1OC=C3C1C2(C#N)CCC31OCCO1)(C(C)C)C(C)C. The maximum atomic E-state index is 10.6. The van der Waals surface area contributed by atoms with Crippen molar-refractivity contribution in [1.29, 1.82) is 5.26 Å². The number of rotatable bonds is 5. The summed E-state index contributed by atoms with van der Waals surface area (Å²) < 4.78 is 25.3.